The molecule has 0 spiro atoms. The van der Waals surface area contributed by atoms with E-state index in [0.717, 1.165) is 11.1 Å². The van der Waals surface area contributed by atoms with Gasteiger partial charge in [-0.1, -0.05) is 30.3 Å². The highest BCUT2D eigenvalue weighted by Gasteiger charge is 2.51. The van der Waals surface area contributed by atoms with Gasteiger partial charge < -0.3 is 19.9 Å². The fraction of sp³-hybridized carbons (Fsp3) is 0.333. The molecule has 0 saturated carbocycles. The first kappa shape index (κ1) is 20.3. The lowest BCUT2D eigenvalue weighted by Gasteiger charge is -2.33. The predicted molar refractivity (Wildman–Crippen MR) is 102 cm³/mol. The largest absolute Gasteiger partial charge is 0.497 e. The van der Waals surface area contributed by atoms with E-state index in [1.807, 2.05) is 30.3 Å². The molecule has 0 aromatic heterocycles. The molecule has 0 amide bonds. The number of hydrogen-bond acceptors (Lipinski definition) is 6. The third kappa shape index (κ3) is 4.05. The minimum Gasteiger partial charge on any atom is -0.497 e. The van der Waals surface area contributed by atoms with Gasteiger partial charge in [0.2, 0.25) is 0 Å². The Hall–Kier alpha value is -3.02. The molecule has 27 heavy (non-hydrogen) atoms. The third-order valence-electron chi connectivity index (χ3n) is 4.91. The van der Waals surface area contributed by atoms with Gasteiger partial charge in [-0.05, 0) is 42.7 Å². The molecule has 6 heteroatoms. The standard InChI is InChI=1S/C21H25NO5/c1-21(19(23)26-3,20(24)27-4)17(13-15-7-5-6-8-18(15)22)14-9-11-16(25-2)12-10-14/h5-12,17H,13,22H2,1-4H3. The highest BCUT2D eigenvalue weighted by Crippen LogP contribution is 2.42. The lowest BCUT2D eigenvalue weighted by atomic mass is 9.70. The minimum atomic E-state index is -1.54. The Kier molecular flexibility index (Phi) is 6.45. The predicted octanol–water partition coefficient (Wildman–Crippen LogP) is 2.96. The molecule has 0 saturated heterocycles. The molecule has 0 aliphatic carbocycles. The first-order valence-corrected chi connectivity index (χ1v) is 8.52. The molecule has 1 unspecified atom stereocenters. The summed E-state index contributed by atoms with van der Waals surface area (Å²) in [6.07, 6.45) is 0.361. The summed E-state index contributed by atoms with van der Waals surface area (Å²) >= 11 is 0. The second kappa shape index (κ2) is 8.58. The van der Waals surface area contributed by atoms with Crippen LogP contribution in [0.4, 0.5) is 5.69 Å². The SMILES string of the molecule is COC(=O)C(C)(C(=O)OC)C(Cc1ccccc1N)c1ccc(OC)cc1. The maximum Gasteiger partial charge on any atom is 0.323 e. The molecule has 0 fully saturated rings. The smallest absolute Gasteiger partial charge is 0.323 e. The summed E-state index contributed by atoms with van der Waals surface area (Å²) in [4.78, 5) is 25.3. The van der Waals surface area contributed by atoms with Crippen LogP contribution >= 0.6 is 0 Å². The van der Waals surface area contributed by atoms with Crippen molar-refractivity contribution in [1.82, 2.24) is 0 Å². The average molecular weight is 371 g/mol. The number of para-hydroxylation sites is 1. The molecule has 0 aliphatic rings. The number of carbonyl (C=O) groups excluding carboxylic acids is 2. The molecular formula is C21H25NO5. The van der Waals surface area contributed by atoms with E-state index >= 15 is 0 Å². The van der Waals surface area contributed by atoms with Crippen LogP contribution < -0.4 is 10.5 Å². The van der Waals surface area contributed by atoms with Gasteiger partial charge in [0, 0.05) is 11.6 Å². The van der Waals surface area contributed by atoms with E-state index in [9.17, 15) is 9.59 Å². The van der Waals surface area contributed by atoms with Crippen molar-refractivity contribution in [2.45, 2.75) is 19.3 Å². The van der Waals surface area contributed by atoms with Gasteiger partial charge in [-0.25, -0.2) is 0 Å². The normalized spacial score (nSPS) is 12.1. The van der Waals surface area contributed by atoms with Crippen LogP contribution in [0.3, 0.4) is 0 Å². The van der Waals surface area contributed by atoms with Crippen LogP contribution in [0.1, 0.15) is 24.0 Å². The summed E-state index contributed by atoms with van der Waals surface area (Å²) in [5, 5.41) is 0. The Bertz CT molecular complexity index is 784. The lowest BCUT2D eigenvalue weighted by molar-refractivity contribution is -0.169. The summed E-state index contributed by atoms with van der Waals surface area (Å²) in [6.45, 7) is 1.54. The molecule has 0 aliphatic heterocycles. The van der Waals surface area contributed by atoms with Crippen molar-refractivity contribution < 1.29 is 23.8 Å². The number of carbonyl (C=O) groups is 2. The van der Waals surface area contributed by atoms with E-state index in [1.54, 1.807) is 32.2 Å². The number of esters is 2. The minimum absolute atomic E-state index is 0.361. The summed E-state index contributed by atoms with van der Waals surface area (Å²) in [7, 11) is 4.08. The van der Waals surface area contributed by atoms with Gasteiger partial charge in [0.1, 0.15) is 5.75 Å². The van der Waals surface area contributed by atoms with E-state index < -0.39 is 23.3 Å². The highest BCUT2D eigenvalue weighted by atomic mass is 16.5. The molecule has 2 rings (SSSR count). The highest BCUT2D eigenvalue weighted by molar-refractivity contribution is 6.00. The van der Waals surface area contributed by atoms with Crippen molar-refractivity contribution in [1.29, 1.82) is 0 Å². The first-order chi connectivity index (χ1) is 12.9. The van der Waals surface area contributed by atoms with Crippen LogP contribution in [0, 0.1) is 5.41 Å². The molecule has 2 aromatic carbocycles. The zero-order valence-corrected chi connectivity index (χ0v) is 16.0. The molecule has 6 nitrogen and oxygen atoms in total. The number of hydrogen-bond donors (Lipinski definition) is 1. The van der Waals surface area contributed by atoms with Gasteiger partial charge in [-0.2, -0.15) is 0 Å². The molecule has 0 bridgehead atoms. The number of nitrogens with two attached hydrogens (primary N) is 1. The van der Waals surface area contributed by atoms with Crippen LogP contribution in [0.5, 0.6) is 5.75 Å². The van der Waals surface area contributed by atoms with E-state index in [4.69, 9.17) is 19.9 Å². The summed E-state index contributed by atoms with van der Waals surface area (Å²) < 4.78 is 15.1. The number of anilines is 1. The Balaban J connectivity index is 2.60. The van der Waals surface area contributed by atoms with Crippen molar-refractivity contribution in [3.8, 4) is 5.75 Å². The Morgan fingerprint density at radius 2 is 1.52 bits per heavy atom. The van der Waals surface area contributed by atoms with Crippen LogP contribution in [0.15, 0.2) is 48.5 Å². The van der Waals surface area contributed by atoms with Gasteiger partial charge in [0.15, 0.2) is 5.41 Å². The summed E-state index contributed by atoms with van der Waals surface area (Å²) in [5.41, 5.74) is 6.76. The lowest BCUT2D eigenvalue weighted by Crippen LogP contribution is -2.44. The van der Waals surface area contributed by atoms with E-state index in [-0.39, 0.29) is 0 Å². The second-order valence-corrected chi connectivity index (χ2v) is 6.41. The van der Waals surface area contributed by atoms with Gasteiger partial charge in [0.05, 0.1) is 21.3 Å². The monoisotopic (exact) mass is 371 g/mol. The Labute approximate surface area is 159 Å². The van der Waals surface area contributed by atoms with Crippen molar-refractivity contribution in [3.05, 3.63) is 59.7 Å². The third-order valence-corrected chi connectivity index (χ3v) is 4.91. The van der Waals surface area contributed by atoms with Crippen molar-refractivity contribution in [2.24, 2.45) is 5.41 Å². The number of methoxy groups -OCH3 is 3. The van der Waals surface area contributed by atoms with E-state index in [1.165, 1.54) is 14.2 Å². The number of rotatable bonds is 7. The average Bonchev–Trinajstić information content (AvgIpc) is 2.71. The van der Waals surface area contributed by atoms with Crippen molar-refractivity contribution in [3.63, 3.8) is 0 Å². The maximum absolute atomic E-state index is 12.7. The second-order valence-electron chi connectivity index (χ2n) is 6.41. The molecule has 2 aromatic rings. The summed E-state index contributed by atoms with van der Waals surface area (Å²) in [6, 6.07) is 14.6. The van der Waals surface area contributed by atoms with Crippen molar-refractivity contribution in [2.75, 3.05) is 27.1 Å². The van der Waals surface area contributed by atoms with E-state index in [2.05, 4.69) is 0 Å². The molecular weight excluding hydrogens is 346 g/mol. The van der Waals surface area contributed by atoms with Gasteiger partial charge in [-0.3, -0.25) is 9.59 Å². The molecule has 0 heterocycles. The zero-order chi connectivity index (χ0) is 20.0. The molecule has 1 atom stereocenters. The Morgan fingerprint density at radius 3 is 2.00 bits per heavy atom. The quantitative estimate of drug-likeness (QED) is 0.457. The number of nitrogen functional groups attached to an aromatic ring is 1. The zero-order valence-electron chi connectivity index (χ0n) is 16.0. The molecule has 0 radical (unpaired) electrons. The van der Waals surface area contributed by atoms with E-state index in [0.29, 0.717) is 17.9 Å². The molecule has 2 N–H and O–H groups in total. The number of ether oxygens (including phenoxy) is 3. The van der Waals surface area contributed by atoms with Crippen LogP contribution in [-0.4, -0.2) is 33.3 Å². The first-order valence-electron chi connectivity index (χ1n) is 8.52. The maximum atomic E-state index is 12.7. The Morgan fingerprint density at radius 1 is 0.963 bits per heavy atom. The van der Waals surface area contributed by atoms with Gasteiger partial charge in [-0.15, -0.1) is 0 Å². The number of benzene rings is 2. The topological polar surface area (TPSA) is 87.9 Å². The van der Waals surface area contributed by atoms with Crippen LogP contribution in [0.25, 0.3) is 0 Å². The van der Waals surface area contributed by atoms with Crippen molar-refractivity contribution >= 4 is 17.6 Å². The van der Waals surface area contributed by atoms with Crippen LogP contribution in [0.2, 0.25) is 0 Å². The summed E-state index contributed by atoms with van der Waals surface area (Å²) in [5.74, 6) is -1.20. The van der Waals surface area contributed by atoms with Gasteiger partial charge in [0.25, 0.3) is 0 Å². The molecule has 144 valence electrons. The van der Waals surface area contributed by atoms with Crippen LogP contribution in [-0.2, 0) is 25.5 Å². The van der Waals surface area contributed by atoms with Gasteiger partial charge >= 0.3 is 11.9 Å². The fourth-order valence-corrected chi connectivity index (χ4v) is 3.22. The fourth-order valence-electron chi connectivity index (χ4n) is 3.22.